The van der Waals surface area contributed by atoms with Gasteiger partial charge < -0.3 is 4.74 Å². The lowest BCUT2D eigenvalue weighted by Crippen LogP contribution is -2.29. The summed E-state index contributed by atoms with van der Waals surface area (Å²) in [6.07, 6.45) is -5.51. The molecule has 0 aromatic heterocycles. The van der Waals surface area contributed by atoms with Crippen LogP contribution in [-0.2, 0) is 10.9 Å². The van der Waals surface area contributed by atoms with Gasteiger partial charge in [-0.15, -0.1) is 0 Å². The molecule has 0 heterocycles. The summed E-state index contributed by atoms with van der Waals surface area (Å²) in [5.41, 5.74) is -0.933. The van der Waals surface area contributed by atoms with E-state index in [0.717, 1.165) is 11.0 Å². The minimum absolute atomic E-state index is 0.184. The Labute approximate surface area is 125 Å². The van der Waals surface area contributed by atoms with E-state index in [-0.39, 0.29) is 18.0 Å². The van der Waals surface area contributed by atoms with Crippen molar-refractivity contribution in [2.45, 2.75) is 6.18 Å². The predicted molar refractivity (Wildman–Crippen MR) is 76.7 cm³/mol. The average molecular weight is 308 g/mol. The summed E-state index contributed by atoms with van der Waals surface area (Å²) in [4.78, 5) is 13.0. The molecule has 2 aromatic rings. The van der Waals surface area contributed by atoms with Gasteiger partial charge in [0.25, 0.3) is 0 Å². The fraction of sp³-hybridized carbons (Fsp3) is 0.125. The summed E-state index contributed by atoms with van der Waals surface area (Å²) in [6.45, 7) is 3.19. The first-order valence-electron chi connectivity index (χ1n) is 6.42. The maximum atomic E-state index is 13.2. The SMILES string of the molecule is [CH2]COC(=O)N(c1ccccc1)c1ccccc1C(F)(F)F. The molecule has 115 valence electrons. The fourth-order valence-corrected chi connectivity index (χ4v) is 1.98. The molecule has 0 saturated heterocycles. The summed E-state index contributed by atoms with van der Waals surface area (Å²) in [7, 11) is 0. The minimum atomic E-state index is -4.59. The Kier molecular flexibility index (Phi) is 4.70. The Morgan fingerprint density at radius 1 is 1.05 bits per heavy atom. The van der Waals surface area contributed by atoms with Crippen molar-refractivity contribution in [3.63, 3.8) is 0 Å². The number of hydrogen-bond acceptors (Lipinski definition) is 2. The number of carbonyl (C=O) groups excluding carboxylic acids is 1. The number of halogens is 3. The first-order valence-corrected chi connectivity index (χ1v) is 6.42. The van der Waals surface area contributed by atoms with Gasteiger partial charge in [-0.2, -0.15) is 13.2 Å². The second-order valence-electron chi connectivity index (χ2n) is 4.30. The molecule has 0 unspecified atom stereocenters. The summed E-state index contributed by atoms with van der Waals surface area (Å²) >= 11 is 0. The highest BCUT2D eigenvalue weighted by atomic mass is 19.4. The van der Waals surface area contributed by atoms with Crippen LogP contribution in [0.4, 0.5) is 29.3 Å². The van der Waals surface area contributed by atoms with E-state index >= 15 is 0 Å². The third kappa shape index (κ3) is 3.39. The smallest absolute Gasteiger partial charge is 0.418 e. The van der Waals surface area contributed by atoms with E-state index in [1.165, 1.54) is 30.3 Å². The number of carbonyl (C=O) groups is 1. The lowest BCUT2D eigenvalue weighted by molar-refractivity contribution is -0.137. The Balaban J connectivity index is 2.58. The molecule has 0 atom stereocenters. The zero-order valence-corrected chi connectivity index (χ0v) is 11.5. The molecular weight excluding hydrogens is 295 g/mol. The molecule has 0 spiro atoms. The van der Waals surface area contributed by atoms with Crippen molar-refractivity contribution in [1.82, 2.24) is 0 Å². The molecule has 2 rings (SSSR count). The molecule has 0 N–H and O–H groups in total. The van der Waals surface area contributed by atoms with E-state index in [0.29, 0.717) is 0 Å². The van der Waals surface area contributed by atoms with Crippen LogP contribution in [0.5, 0.6) is 0 Å². The van der Waals surface area contributed by atoms with Gasteiger partial charge in [-0.1, -0.05) is 30.3 Å². The number of benzene rings is 2. The maximum absolute atomic E-state index is 13.2. The van der Waals surface area contributed by atoms with Gasteiger partial charge in [-0.25, -0.2) is 9.69 Å². The number of para-hydroxylation sites is 2. The summed E-state index contributed by atoms with van der Waals surface area (Å²) in [6, 6.07) is 12.8. The van der Waals surface area contributed by atoms with Crippen molar-refractivity contribution >= 4 is 17.5 Å². The van der Waals surface area contributed by atoms with E-state index in [1.807, 2.05) is 0 Å². The lowest BCUT2D eigenvalue weighted by Gasteiger charge is -2.25. The first-order chi connectivity index (χ1) is 10.4. The van der Waals surface area contributed by atoms with Crippen molar-refractivity contribution in [3.8, 4) is 0 Å². The Bertz CT molecular complexity index is 641. The molecule has 0 aliphatic heterocycles. The van der Waals surface area contributed by atoms with Crippen LogP contribution in [0.2, 0.25) is 0 Å². The van der Waals surface area contributed by atoms with E-state index in [4.69, 9.17) is 4.74 Å². The highest BCUT2D eigenvalue weighted by molar-refractivity contribution is 5.96. The van der Waals surface area contributed by atoms with Crippen LogP contribution in [0.3, 0.4) is 0 Å². The monoisotopic (exact) mass is 308 g/mol. The normalized spacial score (nSPS) is 11.1. The van der Waals surface area contributed by atoms with Gasteiger partial charge in [0.1, 0.15) is 0 Å². The van der Waals surface area contributed by atoms with Crippen LogP contribution in [0.1, 0.15) is 5.56 Å². The van der Waals surface area contributed by atoms with Gasteiger partial charge >= 0.3 is 12.3 Å². The second kappa shape index (κ2) is 6.51. The van der Waals surface area contributed by atoms with Gasteiger partial charge in [0.2, 0.25) is 0 Å². The highest BCUT2D eigenvalue weighted by Gasteiger charge is 2.36. The average Bonchev–Trinajstić information content (AvgIpc) is 2.48. The topological polar surface area (TPSA) is 29.5 Å². The van der Waals surface area contributed by atoms with Crippen molar-refractivity contribution in [3.05, 3.63) is 67.1 Å². The molecule has 0 saturated carbocycles. The van der Waals surface area contributed by atoms with Crippen LogP contribution >= 0.6 is 0 Å². The lowest BCUT2D eigenvalue weighted by atomic mass is 10.1. The van der Waals surface area contributed by atoms with Gasteiger partial charge in [-0.3, -0.25) is 0 Å². The number of nitrogens with zero attached hydrogens (tertiary/aromatic N) is 1. The van der Waals surface area contributed by atoms with Crippen molar-refractivity contribution in [2.75, 3.05) is 11.5 Å². The molecule has 0 bridgehead atoms. The molecule has 1 amide bonds. The van der Waals surface area contributed by atoms with E-state index in [2.05, 4.69) is 6.92 Å². The standard InChI is InChI=1S/C16H13F3NO2/c1-2-22-15(21)20(12-8-4-3-5-9-12)14-11-7-6-10-13(14)16(17,18)19/h3-11H,1-2H2. The number of alkyl halides is 3. The van der Waals surface area contributed by atoms with Gasteiger partial charge in [0.15, 0.2) is 0 Å². The number of ether oxygens (including phenoxy) is 1. The Hall–Kier alpha value is -2.50. The van der Waals surface area contributed by atoms with E-state index in [1.54, 1.807) is 18.2 Å². The van der Waals surface area contributed by atoms with Crippen molar-refractivity contribution < 1.29 is 22.7 Å². The predicted octanol–water partition coefficient (Wildman–Crippen LogP) is 4.81. The fourth-order valence-electron chi connectivity index (χ4n) is 1.98. The molecule has 0 aliphatic carbocycles. The molecule has 0 fully saturated rings. The van der Waals surface area contributed by atoms with Gasteiger partial charge in [0, 0.05) is 0 Å². The van der Waals surface area contributed by atoms with Crippen LogP contribution < -0.4 is 4.90 Å². The molecule has 0 aliphatic rings. The molecule has 6 heteroatoms. The van der Waals surface area contributed by atoms with Crippen LogP contribution in [-0.4, -0.2) is 12.7 Å². The van der Waals surface area contributed by atoms with Crippen molar-refractivity contribution in [2.24, 2.45) is 0 Å². The summed E-state index contributed by atoms with van der Waals surface area (Å²) < 4.78 is 44.3. The second-order valence-corrected chi connectivity index (χ2v) is 4.30. The minimum Gasteiger partial charge on any atom is -0.449 e. The van der Waals surface area contributed by atoms with Gasteiger partial charge in [-0.05, 0) is 31.2 Å². The number of rotatable bonds is 3. The zero-order chi connectivity index (χ0) is 16.2. The summed E-state index contributed by atoms with van der Waals surface area (Å²) in [5, 5.41) is 0. The number of amides is 1. The molecule has 22 heavy (non-hydrogen) atoms. The summed E-state index contributed by atoms with van der Waals surface area (Å²) in [5.74, 6) is 0. The third-order valence-corrected chi connectivity index (χ3v) is 2.87. The van der Waals surface area contributed by atoms with Crippen LogP contribution in [0, 0.1) is 6.92 Å². The van der Waals surface area contributed by atoms with Crippen molar-refractivity contribution in [1.29, 1.82) is 0 Å². The maximum Gasteiger partial charge on any atom is 0.418 e. The molecular formula is C16H13F3NO2. The quantitative estimate of drug-likeness (QED) is 0.814. The van der Waals surface area contributed by atoms with Crippen LogP contribution in [0.25, 0.3) is 0 Å². The van der Waals surface area contributed by atoms with Crippen LogP contribution in [0.15, 0.2) is 54.6 Å². The third-order valence-electron chi connectivity index (χ3n) is 2.87. The highest BCUT2D eigenvalue weighted by Crippen LogP contribution is 2.39. The zero-order valence-electron chi connectivity index (χ0n) is 11.5. The molecule has 2 aromatic carbocycles. The Morgan fingerprint density at radius 2 is 1.64 bits per heavy atom. The van der Waals surface area contributed by atoms with Gasteiger partial charge in [0.05, 0.1) is 23.5 Å². The first kappa shape index (κ1) is 15.9. The largest absolute Gasteiger partial charge is 0.449 e. The molecule has 3 nitrogen and oxygen atoms in total. The van der Waals surface area contributed by atoms with E-state index < -0.39 is 17.8 Å². The van der Waals surface area contributed by atoms with E-state index in [9.17, 15) is 18.0 Å². The number of hydrogen-bond donors (Lipinski definition) is 0. The number of anilines is 2. The Morgan fingerprint density at radius 3 is 2.23 bits per heavy atom. The molecule has 1 radical (unpaired) electrons.